The van der Waals surface area contributed by atoms with Crippen LogP contribution in [-0.2, 0) is 5.60 Å². The van der Waals surface area contributed by atoms with E-state index in [1.807, 2.05) is 0 Å². The summed E-state index contributed by atoms with van der Waals surface area (Å²) < 4.78 is 29.9. The summed E-state index contributed by atoms with van der Waals surface area (Å²) in [7, 11) is 4.64. The average Bonchev–Trinajstić information content (AvgIpc) is 2.83. The maximum atomic E-state index is 14.4. The molecule has 0 saturated carbocycles. The van der Waals surface area contributed by atoms with E-state index in [9.17, 15) is 13.9 Å². The van der Waals surface area contributed by atoms with Crippen molar-refractivity contribution in [2.45, 2.75) is 63.6 Å². The van der Waals surface area contributed by atoms with Crippen molar-refractivity contribution in [1.29, 1.82) is 0 Å². The first kappa shape index (κ1) is 23.4. The molecule has 164 valence electrons. The molecule has 2 heterocycles. The first-order valence-corrected chi connectivity index (χ1v) is 10.7. The molecule has 0 aromatic heterocycles. The highest BCUT2D eigenvalue weighted by atomic mass is 79.9. The number of hydrogen-bond acceptors (Lipinski definition) is 1. The third kappa shape index (κ3) is 3.74. The van der Waals surface area contributed by atoms with Crippen LogP contribution < -0.4 is 17.0 Å². The lowest BCUT2D eigenvalue weighted by molar-refractivity contribution is -0.931. The van der Waals surface area contributed by atoms with Gasteiger partial charge >= 0.3 is 0 Å². The van der Waals surface area contributed by atoms with Crippen molar-refractivity contribution in [2.24, 2.45) is 5.92 Å². The zero-order valence-corrected chi connectivity index (χ0v) is 19.8. The minimum Gasteiger partial charge on any atom is -1.00 e. The van der Waals surface area contributed by atoms with Gasteiger partial charge in [-0.15, -0.1) is 0 Å². The molecule has 4 rings (SSSR count). The third-order valence-corrected chi connectivity index (χ3v) is 7.94. The number of halogens is 3. The predicted octanol–water partition coefficient (Wildman–Crippen LogP) is 2.23. The molecule has 2 saturated heterocycles. The van der Waals surface area contributed by atoms with Gasteiger partial charge in [0.25, 0.3) is 0 Å². The van der Waals surface area contributed by atoms with Gasteiger partial charge in [0.2, 0.25) is 0 Å². The van der Waals surface area contributed by atoms with Crippen LogP contribution in [0.4, 0.5) is 8.78 Å². The van der Waals surface area contributed by atoms with E-state index in [-0.39, 0.29) is 28.6 Å². The standard InChI is InChI=1S/C25H32F2NO.BrH/c1-16-21(7-5-9-23(16)26)25(29,22-8-6-10-24(27)17(22)2)15-18-13-19-11-12-20(14-18)28(19,3)4;/h5-10,18-20,29H,11-15H2,1-4H3;1H/q+1;/p-1/t18?,19-,20+;. The molecule has 2 aliphatic rings. The molecule has 2 aromatic carbocycles. The van der Waals surface area contributed by atoms with E-state index in [0.717, 1.165) is 17.3 Å². The van der Waals surface area contributed by atoms with E-state index in [2.05, 4.69) is 14.1 Å². The number of rotatable bonds is 4. The number of quaternary nitrogens is 1. The molecule has 30 heavy (non-hydrogen) atoms. The fourth-order valence-corrected chi connectivity index (χ4v) is 6.05. The van der Waals surface area contributed by atoms with Gasteiger partial charge in [-0.1, -0.05) is 24.3 Å². The predicted molar refractivity (Wildman–Crippen MR) is 112 cm³/mol. The topological polar surface area (TPSA) is 20.2 Å². The molecule has 3 atom stereocenters. The van der Waals surface area contributed by atoms with Gasteiger partial charge in [-0.05, 0) is 60.6 Å². The van der Waals surface area contributed by atoms with Crippen molar-refractivity contribution in [3.63, 3.8) is 0 Å². The highest BCUT2D eigenvalue weighted by molar-refractivity contribution is 5.44. The van der Waals surface area contributed by atoms with Gasteiger partial charge in [0.15, 0.2) is 0 Å². The molecular formula is C25H32BrF2NO. The Hall–Kier alpha value is -1.30. The molecule has 1 N–H and O–H groups in total. The summed E-state index contributed by atoms with van der Waals surface area (Å²) in [4.78, 5) is 0. The molecule has 2 fully saturated rings. The largest absolute Gasteiger partial charge is 1.00 e. The molecule has 2 aliphatic heterocycles. The lowest BCUT2D eigenvalue weighted by Crippen LogP contribution is -3.00. The lowest BCUT2D eigenvalue weighted by Gasteiger charge is -2.46. The summed E-state index contributed by atoms with van der Waals surface area (Å²) in [5, 5.41) is 12.1. The van der Waals surface area contributed by atoms with Gasteiger partial charge < -0.3 is 26.6 Å². The molecule has 1 unspecified atom stereocenters. The van der Waals surface area contributed by atoms with Crippen LogP contribution in [0.25, 0.3) is 0 Å². The lowest BCUT2D eigenvalue weighted by atomic mass is 9.73. The van der Waals surface area contributed by atoms with Crippen molar-refractivity contribution in [1.82, 2.24) is 0 Å². The SMILES string of the molecule is Cc1c(F)cccc1C(O)(CC1C[C@H]2CC[C@@H](C1)[N+]2(C)C)c1cccc(F)c1C.[Br-]. The van der Waals surface area contributed by atoms with Gasteiger partial charge in [0, 0.05) is 25.7 Å². The second-order valence-electron chi connectivity index (χ2n) is 9.74. The number of piperidine rings is 1. The van der Waals surface area contributed by atoms with Crippen LogP contribution in [0.5, 0.6) is 0 Å². The summed E-state index contributed by atoms with van der Waals surface area (Å²) in [6, 6.07) is 10.9. The van der Waals surface area contributed by atoms with Crippen molar-refractivity contribution in [3.05, 3.63) is 70.3 Å². The third-order valence-electron chi connectivity index (χ3n) is 7.94. The number of fused-ring (bicyclic) bond motifs is 2. The number of aliphatic hydroxyl groups is 1. The van der Waals surface area contributed by atoms with Crippen LogP contribution in [0, 0.1) is 31.4 Å². The number of nitrogens with zero attached hydrogens (tertiary/aromatic N) is 1. The Morgan fingerprint density at radius 3 is 1.77 bits per heavy atom. The van der Waals surface area contributed by atoms with Gasteiger partial charge in [0.1, 0.15) is 17.2 Å². The van der Waals surface area contributed by atoms with Crippen LogP contribution >= 0.6 is 0 Å². The second kappa shape index (κ2) is 8.33. The Morgan fingerprint density at radius 1 is 0.900 bits per heavy atom. The smallest absolute Gasteiger partial charge is 0.126 e. The Morgan fingerprint density at radius 2 is 1.33 bits per heavy atom. The highest BCUT2D eigenvalue weighted by Crippen LogP contribution is 2.48. The van der Waals surface area contributed by atoms with E-state index in [1.165, 1.54) is 25.0 Å². The fourth-order valence-electron chi connectivity index (χ4n) is 6.05. The summed E-state index contributed by atoms with van der Waals surface area (Å²) in [6.45, 7) is 3.41. The Labute approximate surface area is 189 Å². The first-order chi connectivity index (χ1) is 13.6. The summed E-state index contributed by atoms with van der Waals surface area (Å²) in [5.41, 5.74) is 0.578. The van der Waals surface area contributed by atoms with E-state index in [1.54, 1.807) is 38.1 Å². The van der Waals surface area contributed by atoms with Crippen LogP contribution in [-0.4, -0.2) is 35.8 Å². The molecule has 0 radical (unpaired) electrons. The fraction of sp³-hybridized carbons (Fsp3) is 0.520. The molecule has 2 bridgehead atoms. The normalized spacial score (nSPS) is 25.1. The minimum atomic E-state index is -1.41. The monoisotopic (exact) mass is 479 g/mol. The van der Waals surface area contributed by atoms with Crippen LogP contribution in [0.15, 0.2) is 36.4 Å². The van der Waals surface area contributed by atoms with E-state index in [0.29, 0.717) is 46.7 Å². The van der Waals surface area contributed by atoms with Gasteiger partial charge in [-0.2, -0.15) is 0 Å². The Kier molecular flexibility index (Phi) is 6.48. The number of benzene rings is 2. The molecule has 2 aromatic rings. The zero-order valence-electron chi connectivity index (χ0n) is 18.3. The van der Waals surface area contributed by atoms with Crippen LogP contribution in [0.3, 0.4) is 0 Å². The molecule has 0 aliphatic carbocycles. The van der Waals surface area contributed by atoms with Crippen molar-refractivity contribution >= 4 is 0 Å². The van der Waals surface area contributed by atoms with E-state index >= 15 is 0 Å². The molecule has 5 heteroatoms. The minimum absolute atomic E-state index is 0. The average molecular weight is 480 g/mol. The molecule has 0 amide bonds. The van der Waals surface area contributed by atoms with Gasteiger partial charge in [-0.3, -0.25) is 0 Å². The summed E-state index contributed by atoms with van der Waals surface area (Å²) in [6.07, 6.45) is 5.05. The molecular weight excluding hydrogens is 448 g/mol. The van der Waals surface area contributed by atoms with Crippen molar-refractivity contribution in [3.8, 4) is 0 Å². The van der Waals surface area contributed by atoms with E-state index < -0.39 is 5.60 Å². The highest BCUT2D eigenvalue weighted by Gasteiger charge is 2.50. The van der Waals surface area contributed by atoms with Gasteiger partial charge in [0.05, 0.1) is 26.2 Å². The van der Waals surface area contributed by atoms with Crippen LogP contribution in [0.2, 0.25) is 0 Å². The summed E-state index contributed by atoms with van der Waals surface area (Å²) >= 11 is 0. The summed E-state index contributed by atoms with van der Waals surface area (Å²) in [5.74, 6) is -0.345. The Bertz CT molecular complexity index is 862. The Balaban J connectivity index is 0.00000256. The quantitative estimate of drug-likeness (QED) is 0.666. The molecule has 2 nitrogen and oxygen atoms in total. The molecule has 0 spiro atoms. The number of hydrogen-bond donors (Lipinski definition) is 1. The van der Waals surface area contributed by atoms with Crippen molar-refractivity contribution < 1.29 is 35.4 Å². The van der Waals surface area contributed by atoms with Crippen LogP contribution in [0.1, 0.15) is 54.4 Å². The maximum absolute atomic E-state index is 14.4. The van der Waals surface area contributed by atoms with Crippen molar-refractivity contribution in [2.75, 3.05) is 14.1 Å². The first-order valence-electron chi connectivity index (χ1n) is 10.7. The van der Waals surface area contributed by atoms with Gasteiger partial charge in [-0.25, -0.2) is 8.78 Å². The van der Waals surface area contributed by atoms with E-state index in [4.69, 9.17) is 0 Å². The maximum Gasteiger partial charge on any atom is 0.126 e. The second-order valence-corrected chi connectivity index (χ2v) is 9.74. The zero-order chi connectivity index (χ0) is 21.0.